The van der Waals surface area contributed by atoms with Gasteiger partial charge in [-0.15, -0.1) is 17.0 Å². The molecule has 1 aromatic heterocycles. The van der Waals surface area contributed by atoms with E-state index < -0.39 is 0 Å². The lowest BCUT2D eigenvalue weighted by atomic mass is 10.3. The van der Waals surface area contributed by atoms with Gasteiger partial charge in [0.1, 0.15) is 0 Å². The normalized spacial score (nSPS) is 9.50. The molecule has 0 amide bonds. The lowest BCUT2D eigenvalue weighted by molar-refractivity contribution is 0.635. The van der Waals surface area contributed by atoms with Gasteiger partial charge in [-0.05, 0) is 19.8 Å². The van der Waals surface area contributed by atoms with Gasteiger partial charge >= 0.3 is 0 Å². The van der Waals surface area contributed by atoms with Crippen LogP contribution in [-0.2, 0) is 6.54 Å². The summed E-state index contributed by atoms with van der Waals surface area (Å²) in [6, 6.07) is 0. The third-order valence-corrected chi connectivity index (χ3v) is 2.12. The van der Waals surface area contributed by atoms with Crippen LogP contribution in [0.4, 0.5) is 0 Å². The van der Waals surface area contributed by atoms with E-state index in [-0.39, 0.29) is 17.0 Å². The Balaban J connectivity index is 0.00000121. The zero-order valence-corrected chi connectivity index (χ0v) is 10.5. The molecule has 1 aromatic rings. The summed E-state index contributed by atoms with van der Waals surface area (Å²) in [6.45, 7) is 3.10. The van der Waals surface area contributed by atoms with E-state index in [0.717, 1.165) is 17.6 Å². The van der Waals surface area contributed by atoms with Crippen molar-refractivity contribution in [2.24, 2.45) is 0 Å². The molecule has 0 unspecified atom stereocenters. The van der Waals surface area contributed by atoms with Crippen LogP contribution < -0.4 is 0 Å². The lowest BCUT2D eigenvalue weighted by Crippen LogP contribution is -1.94. The minimum atomic E-state index is 0. The van der Waals surface area contributed by atoms with E-state index in [1.807, 2.05) is 13.3 Å². The number of aryl methyl sites for hydroxylation is 2. The monoisotopic (exact) mass is 296 g/mol. The first-order valence-electron chi connectivity index (χ1n) is 3.87. The van der Waals surface area contributed by atoms with Crippen molar-refractivity contribution in [2.75, 3.05) is 5.33 Å². The maximum atomic E-state index is 4.15. The van der Waals surface area contributed by atoms with Crippen molar-refractivity contribution in [3.8, 4) is 0 Å². The predicted molar refractivity (Wildman–Crippen MR) is 60.3 cm³/mol. The Morgan fingerprint density at radius 1 is 1.50 bits per heavy atom. The topological polar surface area (TPSA) is 17.8 Å². The Morgan fingerprint density at radius 2 is 2.25 bits per heavy atom. The molecule has 2 nitrogen and oxygen atoms in total. The fourth-order valence-corrected chi connectivity index (χ4v) is 1.38. The average molecular weight is 298 g/mol. The van der Waals surface area contributed by atoms with Gasteiger partial charge in [0, 0.05) is 18.1 Å². The zero-order chi connectivity index (χ0) is 8.10. The van der Waals surface area contributed by atoms with Crippen LogP contribution in [0, 0.1) is 6.92 Å². The molecule has 0 radical (unpaired) electrons. The first-order chi connectivity index (χ1) is 5.33. The molecule has 0 saturated heterocycles. The highest BCUT2D eigenvalue weighted by molar-refractivity contribution is 9.09. The Labute approximate surface area is 92.3 Å². The van der Waals surface area contributed by atoms with Gasteiger partial charge in [-0.3, -0.25) is 0 Å². The molecule has 1 rings (SSSR count). The van der Waals surface area contributed by atoms with Crippen molar-refractivity contribution in [3.05, 3.63) is 18.2 Å². The molecule has 0 spiro atoms. The number of hydrogen-bond acceptors (Lipinski definition) is 1. The van der Waals surface area contributed by atoms with E-state index in [4.69, 9.17) is 0 Å². The third-order valence-electron chi connectivity index (χ3n) is 1.56. The zero-order valence-electron chi connectivity index (χ0n) is 7.16. The highest BCUT2D eigenvalue weighted by atomic mass is 79.9. The predicted octanol–water partition coefficient (Wildman–Crippen LogP) is 2.94. The average Bonchev–Trinajstić information content (AvgIpc) is 2.37. The van der Waals surface area contributed by atoms with E-state index in [0.29, 0.717) is 0 Å². The molecule has 0 aliphatic carbocycles. The number of unbranched alkanes of at least 4 members (excludes halogenated alkanes) is 1. The molecular weight excluding hydrogens is 284 g/mol. The molecule has 0 saturated carbocycles. The van der Waals surface area contributed by atoms with E-state index in [2.05, 4.69) is 31.7 Å². The third kappa shape index (κ3) is 4.26. The number of hydrogen-bond donors (Lipinski definition) is 0. The fourth-order valence-electron chi connectivity index (χ4n) is 0.983. The standard InChI is InChI=1S/C8H13BrN2.BrH/c1-8-6-11(7-10-8)5-3-2-4-9;/h6-7H,2-5H2,1H3;1H. The van der Waals surface area contributed by atoms with Crippen LogP contribution in [0.15, 0.2) is 12.5 Å². The molecule has 0 fully saturated rings. The smallest absolute Gasteiger partial charge is 0.0949 e. The van der Waals surface area contributed by atoms with Gasteiger partial charge in [0.25, 0.3) is 0 Å². The van der Waals surface area contributed by atoms with Crippen LogP contribution in [0.2, 0.25) is 0 Å². The summed E-state index contributed by atoms with van der Waals surface area (Å²) in [6.07, 6.45) is 6.43. The van der Waals surface area contributed by atoms with Crippen LogP contribution in [0.25, 0.3) is 0 Å². The molecule has 0 bridgehead atoms. The molecule has 0 atom stereocenters. The lowest BCUT2D eigenvalue weighted by Gasteiger charge is -1.98. The number of aromatic nitrogens is 2. The molecule has 0 aromatic carbocycles. The quantitative estimate of drug-likeness (QED) is 0.617. The largest absolute Gasteiger partial charge is 0.337 e. The van der Waals surface area contributed by atoms with Gasteiger partial charge < -0.3 is 4.57 Å². The molecule has 1 heterocycles. The highest BCUT2D eigenvalue weighted by Gasteiger charge is 1.91. The van der Waals surface area contributed by atoms with Crippen molar-refractivity contribution in [3.63, 3.8) is 0 Å². The Morgan fingerprint density at radius 3 is 2.75 bits per heavy atom. The first-order valence-corrected chi connectivity index (χ1v) is 4.99. The second kappa shape index (κ2) is 6.66. The summed E-state index contributed by atoms with van der Waals surface area (Å²) in [5, 5.41) is 1.10. The van der Waals surface area contributed by atoms with Gasteiger partial charge in [-0.2, -0.15) is 0 Å². The second-order valence-corrected chi connectivity index (χ2v) is 3.44. The Hall–Kier alpha value is 0.170. The van der Waals surface area contributed by atoms with Crippen molar-refractivity contribution in [1.82, 2.24) is 9.55 Å². The maximum absolute atomic E-state index is 4.15. The Bertz CT molecular complexity index is 211. The molecule has 70 valence electrons. The Kier molecular flexibility index (Phi) is 6.76. The van der Waals surface area contributed by atoms with Crippen LogP contribution in [0.1, 0.15) is 18.5 Å². The number of halogens is 2. The number of alkyl halides is 1. The van der Waals surface area contributed by atoms with E-state index in [9.17, 15) is 0 Å². The van der Waals surface area contributed by atoms with Crippen molar-refractivity contribution in [2.45, 2.75) is 26.3 Å². The second-order valence-electron chi connectivity index (χ2n) is 2.65. The minimum Gasteiger partial charge on any atom is -0.337 e. The van der Waals surface area contributed by atoms with Crippen LogP contribution in [0.3, 0.4) is 0 Å². The summed E-state index contributed by atoms with van der Waals surface area (Å²) in [5.41, 5.74) is 1.10. The molecular formula is C8H14Br2N2. The number of imidazole rings is 1. The van der Waals surface area contributed by atoms with Gasteiger partial charge in [0.15, 0.2) is 0 Å². The van der Waals surface area contributed by atoms with Crippen LogP contribution in [-0.4, -0.2) is 14.9 Å². The van der Waals surface area contributed by atoms with Crippen LogP contribution >= 0.6 is 32.9 Å². The van der Waals surface area contributed by atoms with Gasteiger partial charge in [0.05, 0.1) is 12.0 Å². The molecule has 0 aliphatic rings. The number of rotatable bonds is 4. The summed E-state index contributed by atoms with van der Waals surface area (Å²) in [7, 11) is 0. The van der Waals surface area contributed by atoms with Crippen molar-refractivity contribution >= 4 is 32.9 Å². The summed E-state index contributed by atoms with van der Waals surface area (Å²) >= 11 is 3.40. The first kappa shape index (κ1) is 12.2. The molecule has 4 heteroatoms. The molecule has 0 N–H and O–H groups in total. The fraction of sp³-hybridized carbons (Fsp3) is 0.625. The van der Waals surface area contributed by atoms with Crippen LogP contribution in [0.5, 0.6) is 0 Å². The van der Waals surface area contributed by atoms with Gasteiger partial charge in [-0.25, -0.2) is 4.98 Å². The molecule has 0 aliphatic heterocycles. The summed E-state index contributed by atoms with van der Waals surface area (Å²) in [4.78, 5) is 4.15. The molecule has 12 heavy (non-hydrogen) atoms. The van der Waals surface area contributed by atoms with Crippen molar-refractivity contribution < 1.29 is 0 Å². The van der Waals surface area contributed by atoms with E-state index in [1.54, 1.807) is 0 Å². The van der Waals surface area contributed by atoms with E-state index in [1.165, 1.54) is 12.8 Å². The maximum Gasteiger partial charge on any atom is 0.0949 e. The summed E-state index contributed by atoms with van der Waals surface area (Å²) < 4.78 is 2.14. The minimum absolute atomic E-state index is 0. The highest BCUT2D eigenvalue weighted by Crippen LogP contribution is 1.99. The van der Waals surface area contributed by atoms with Gasteiger partial charge in [-0.1, -0.05) is 15.9 Å². The van der Waals surface area contributed by atoms with E-state index >= 15 is 0 Å². The SMILES string of the molecule is Br.Cc1cn(CCCCBr)cn1. The number of nitrogens with zero attached hydrogens (tertiary/aromatic N) is 2. The van der Waals surface area contributed by atoms with Gasteiger partial charge in [0.2, 0.25) is 0 Å². The van der Waals surface area contributed by atoms with Crippen molar-refractivity contribution in [1.29, 1.82) is 0 Å². The summed E-state index contributed by atoms with van der Waals surface area (Å²) in [5.74, 6) is 0.